The van der Waals surface area contributed by atoms with Crippen molar-refractivity contribution in [2.45, 2.75) is 57.9 Å². The minimum atomic E-state index is -4.94. The molecule has 0 aromatic heterocycles. The van der Waals surface area contributed by atoms with E-state index in [1.807, 2.05) is 26.0 Å². The number of aliphatic hydroxyl groups excluding tert-OH is 1. The monoisotopic (exact) mass is 624 g/mol. The number of benzene rings is 2. The molecule has 0 bridgehead atoms. The number of hydrogen-bond donors (Lipinski definition) is 3. The van der Waals surface area contributed by atoms with E-state index >= 15 is 0 Å². The molecule has 0 saturated carbocycles. The molecule has 43 heavy (non-hydrogen) atoms. The van der Waals surface area contributed by atoms with Gasteiger partial charge in [-0.05, 0) is 49.1 Å². The van der Waals surface area contributed by atoms with E-state index in [0.717, 1.165) is 12.7 Å². The first-order chi connectivity index (χ1) is 20.3. The van der Waals surface area contributed by atoms with Gasteiger partial charge >= 0.3 is 18.1 Å². The van der Waals surface area contributed by atoms with Crippen molar-refractivity contribution in [3.05, 3.63) is 87.2 Å². The quantitative estimate of drug-likeness (QED) is 0.206. The van der Waals surface area contributed by atoms with Gasteiger partial charge in [0, 0.05) is 23.3 Å². The molecule has 3 N–H and O–H groups in total. The molecule has 3 rings (SSSR count). The Labute approximate surface area is 253 Å². The molecule has 0 radical (unpaired) electrons. The van der Waals surface area contributed by atoms with Crippen molar-refractivity contribution in [1.29, 1.82) is 0 Å². The lowest BCUT2D eigenvalue weighted by atomic mass is 9.80. The summed E-state index contributed by atoms with van der Waals surface area (Å²) in [6, 6.07) is 13.6. The Balaban J connectivity index is 1.68. The number of halogens is 4. The molecule has 0 amide bonds. The summed E-state index contributed by atoms with van der Waals surface area (Å²) < 4.78 is 57.9. The molecule has 0 aliphatic carbocycles. The number of nitrogens with one attached hydrogen (secondary N) is 2. The predicted molar refractivity (Wildman–Crippen MR) is 155 cm³/mol. The van der Waals surface area contributed by atoms with E-state index in [0.29, 0.717) is 25.1 Å². The summed E-state index contributed by atoms with van der Waals surface area (Å²) in [6.45, 7) is 5.82. The zero-order valence-electron chi connectivity index (χ0n) is 24.4. The lowest BCUT2D eigenvalue weighted by Gasteiger charge is -2.32. The van der Waals surface area contributed by atoms with Crippen molar-refractivity contribution in [2.24, 2.45) is 0 Å². The van der Waals surface area contributed by atoms with Crippen molar-refractivity contribution in [3.8, 4) is 5.75 Å². The van der Waals surface area contributed by atoms with Gasteiger partial charge in [-0.15, -0.1) is 0 Å². The molecular formula is C31H36ClF3N2O6. The summed E-state index contributed by atoms with van der Waals surface area (Å²) in [4.78, 5) is 26.0. The number of hydrogen-bond acceptors (Lipinski definition) is 8. The number of aliphatic hydroxyl groups is 1. The lowest BCUT2D eigenvalue weighted by molar-refractivity contribution is -0.140. The van der Waals surface area contributed by atoms with Crippen molar-refractivity contribution >= 4 is 23.5 Å². The van der Waals surface area contributed by atoms with Crippen LogP contribution in [-0.4, -0.2) is 62.2 Å². The molecule has 2 unspecified atom stereocenters. The van der Waals surface area contributed by atoms with E-state index in [2.05, 4.69) is 10.6 Å². The van der Waals surface area contributed by atoms with Crippen LogP contribution in [-0.2, 0) is 25.5 Å². The van der Waals surface area contributed by atoms with Crippen LogP contribution >= 0.6 is 11.6 Å². The first-order valence-corrected chi connectivity index (χ1v) is 14.1. The van der Waals surface area contributed by atoms with E-state index in [1.54, 1.807) is 24.3 Å². The first-order valence-electron chi connectivity index (χ1n) is 13.8. The van der Waals surface area contributed by atoms with Crippen LogP contribution in [0.1, 0.15) is 44.2 Å². The van der Waals surface area contributed by atoms with Crippen LogP contribution in [0.3, 0.4) is 0 Å². The van der Waals surface area contributed by atoms with Crippen LogP contribution in [0, 0.1) is 0 Å². The number of alkyl halides is 3. The van der Waals surface area contributed by atoms with Gasteiger partial charge in [0.15, 0.2) is 0 Å². The summed E-state index contributed by atoms with van der Waals surface area (Å²) in [7, 11) is 0.962. The third kappa shape index (κ3) is 9.22. The normalized spacial score (nSPS) is 16.2. The Morgan fingerprint density at radius 2 is 1.74 bits per heavy atom. The fraction of sp³-hybridized carbons (Fsp3) is 0.419. The lowest BCUT2D eigenvalue weighted by Crippen LogP contribution is -2.38. The fourth-order valence-corrected chi connectivity index (χ4v) is 4.81. The molecule has 0 fully saturated rings. The third-order valence-electron chi connectivity index (χ3n) is 6.66. The van der Waals surface area contributed by atoms with E-state index in [4.69, 9.17) is 25.8 Å². The van der Waals surface area contributed by atoms with Crippen LogP contribution in [0.2, 0.25) is 5.02 Å². The number of carbonyl (C=O) groups is 2. The van der Waals surface area contributed by atoms with Crippen molar-refractivity contribution in [1.82, 2.24) is 10.6 Å². The maximum Gasteiger partial charge on any atom is 0.431 e. The van der Waals surface area contributed by atoms with Gasteiger partial charge in [-0.2, -0.15) is 13.2 Å². The van der Waals surface area contributed by atoms with Gasteiger partial charge in [0.05, 0.1) is 30.8 Å². The minimum absolute atomic E-state index is 0.0262. The summed E-state index contributed by atoms with van der Waals surface area (Å²) in [5.74, 6) is -3.01. The van der Waals surface area contributed by atoms with E-state index in [9.17, 15) is 27.9 Å². The maximum absolute atomic E-state index is 14.0. The van der Waals surface area contributed by atoms with Gasteiger partial charge in [0.25, 0.3) is 0 Å². The van der Waals surface area contributed by atoms with Crippen LogP contribution in [0.5, 0.6) is 5.75 Å². The number of carbonyl (C=O) groups excluding carboxylic acids is 2. The highest BCUT2D eigenvalue weighted by atomic mass is 35.5. The number of ether oxygens (including phenoxy) is 3. The molecule has 234 valence electrons. The topological polar surface area (TPSA) is 106 Å². The van der Waals surface area contributed by atoms with Gasteiger partial charge in [0.2, 0.25) is 0 Å². The molecule has 1 aliphatic heterocycles. The summed E-state index contributed by atoms with van der Waals surface area (Å²) in [5.41, 5.74) is -1.33. The molecule has 2 atom stereocenters. The Morgan fingerprint density at radius 3 is 2.35 bits per heavy atom. The van der Waals surface area contributed by atoms with Crippen LogP contribution in [0.4, 0.5) is 13.2 Å². The highest BCUT2D eigenvalue weighted by molar-refractivity contribution is 6.31. The van der Waals surface area contributed by atoms with Gasteiger partial charge in [-0.1, -0.05) is 55.8 Å². The van der Waals surface area contributed by atoms with Gasteiger partial charge in [-0.25, -0.2) is 9.59 Å². The first kappa shape index (κ1) is 34.0. The SMILES string of the molecule is COC(=O)C1=C(C(F)(F)F)NC(C)=C(C(=O)OCCCc2ccc(OCC(O)CNC(C)C)cc2)C1c1ccccc1Cl. The molecule has 8 nitrogen and oxygen atoms in total. The van der Waals surface area contributed by atoms with E-state index in [-0.39, 0.29) is 41.1 Å². The minimum Gasteiger partial charge on any atom is -0.491 e. The fourth-order valence-electron chi connectivity index (χ4n) is 4.57. The highest BCUT2D eigenvalue weighted by Crippen LogP contribution is 2.45. The second-order valence-corrected chi connectivity index (χ2v) is 10.7. The number of aryl methyl sites for hydroxylation is 1. The van der Waals surface area contributed by atoms with E-state index < -0.39 is 41.4 Å². The Hall–Kier alpha value is -3.54. The number of methoxy groups -OCH3 is 1. The second kappa shape index (κ2) is 15.3. The van der Waals surface area contributed by atoms with Gasteiger partial charge in [0.1, 0.15) is 24.2 Å². The highest BCUT2D eigenvalue weighted by Gasteiger charge is 2.47. The zero-order chi connectivity index (χ0) is 31.7. The molecule has 1 aliphatic rings. The molecular weight excluding hydrogens is 589 g/mol. The Morgan fingerprint density at radius 1 is 1.07 bits per heavy atom. The van der Waals surface area contributed by atoms with Crippen LogP contribution in [0.15, 0.2) is 71.1 Å². The van der Waals surface area contributed by atoms with E-state index in [1.165, 1.54) is 19.1 Å². The van der Waals surface area contributed by atoms with Gasteiger partial charge in [-0.3, -0.25) is 0 Å². The average molecular weight is 625 g/mol. The molecule has 0 saturated heterocycles. The number of dihydropyridines is 1. The largest absolute Gasteiger partial charge is 0.491 e. The Bertz CT molecular complexity index is 1340. The Kier molecular flexibility index (Phi) is 12.1. The van der Waals surface area contributed by atoms with Crippen molar-refractivity contribution < 1.29 is 42.1 Å². The predicted octanol–water partition coefficient (Wildman–Crippen LogP) is 5.20. The second-order valence-electron chi connectivity index (χ2n) is 10.3. The van der Waals surface area contributed by atoms with Gasteiger partial charge < -0.3 is 30.0 Å². The van der Waals surface area contributed by atoms with Crippen molar-refractivity contribution in [3.63, 3.8) is 0 Å². The molecule has 2 aromatic carbocycles. The molecule has 12 heteroatoms. The standard InChI is InChI=1S/C31H36ClF3N2O6/c1-18(2)36-16-21(38)17-43-22-13-11-20(12-14-22)8-7-15-42-30(40)25-19(3)37-28(31(33,34)35)27(29(39)41-4)26(25)23-9-5-6-10-24(23)32/h5-6,9-14,18,21,26,36-38H,7-8,15-17H2,1-4H3. The molecule has 0 spiro atoms. The molecule has 2 aromatic rings. The smallest absolute Gasteiger partial charge is 0.431 e. The number of esters is 2. The summed E-state index contributed by atoms with van der Waals surface area (Å²) in [5, 5.41) is 15.4. The third-order valence-corrected chi connectivity index (χ3v) is 7.00. The average Bonchev–Trinajstić information content (AvgIpc) is 2.96. The number of allylic oxidation sites excluding steroid dienone is 2. The molecule has 1 heterocycles. The summed E-state index contributed by atoms with van der Waals surface area (Å²) in [6.07, 6.45) is -4.61. The maximum atomic E-state index is 14.0. The van der Waals surface area contributed by atoms with Crippen LogP contribution < -0.4 is 15.4 Å². The summed E-state index contributed by atoms with van der Waals surface area (Å²) >= 11 is 6.34. The zero-order valence-corrected chi connectivity index (χ0v) is 25.1. The number of rotatable bonds is 13. The van der Waals surface area contributed by atoms with Crippen LogP contribution in [0.25, 0.3) is 0 Å². The van der Waals surface area contributed by atoms with Crippen molar-refractivity contribution in [2.75, 3.05) is 26.9 Å².